The van der Waals surface area contributed by atoms with E-state index in [0.29, 0.717) is 5.54 Å². The Labute approximate surface area is 79.2 Å². The highest BCUT2D eigenvalue weighted by Crippen LogP contribution is 2.24. The minimum Gasteiger partial charge on any atom is -0.304 e. The van der Waals surface area contributed by atoms with Gasteiger partial charge in [0.2, 0.25) is 0 Å². The fourth-order valence-electron chi connectivity index (χ4n) is 1.70. The Morgan fingerprint density at radius 2 is 1.08 bits per heavy atom. The molecular formula is C11H27N. The molecule has 12 heavy (non-hydrogen) atoms. The van der Waals surface area contributed by atoms with E-state index < -0.39 is 0 Å². The molecule has 0 aliphatic carbocycles. The zero-order chi connectivity index (χ0) is 10.2. The number of hydrogen-bond donors (Lipinski definition) is 0. The van der Waals surface area contributed by atoms with Gasteiger partial charge in [-0.15, -0.1) is 0 Å². The van der Waals surface area contributed by atoms with Crippen molar-refractivity contribution in [1.82, 2.24) is 4.90 Å². The summed E-state index contributed by atoms with van der Waals surface area (Å²) < 4.78 is 0. The third-order valence-corrected chi connectivity index (χ3v) is 2.92. The number of nitrogens with zero attached hydrogens (tertiary/aromatic N) is 1. The van der Waals surface area contributed by atoms with Gasteiger partial charge in [-0.3, -0.25) is 0 Å². The minimum absolute atomic E-state index is 0.458. The van der Waals surface area contributed by atoms with E-state index in [1.54, 1.807) is 0 Å². The molecule has 0 heterocycles. The van der Waals surface area contributed by atoms with Crippen LogP contribution in [0.25, 0.3) is 0 Å². The number of hydrogen-bond acceptors (Lipinski definition) is 1. The zero-order valence-electron chi connectivity index (χ0n) is 10.1. The summed E-state index contributed by atoms with van der Waals surface area (Å²) in [5, 5.41) is 0. The van der Waals surface area contributed by atoms with Crippen LogP contribution in [0.5, 0.6) is 0 Å². The third kappa shape index (κ3) is 3.57. The van der Waals surface area contributed by atoms with Gasteiger partial charge in [0.25, 0.3) is 0 Å². The molecule has 0 saturated heterocycles. The Morgan fingerprint density at radius 1 is 0.833 bits per heavy atom. The first-order valence-electron chi connectivity index (χ1n) is 5.30. The summed E-state index contributed by atoms with van der Waals surface area (Å²) >= 11 is 0. The quantitative estimate of drug-likeness (QED) is 0.628. The predicted octanol–water partition coefficient (Wildman–Crippen LogP) is 3.54. The van der Waals surface area contributed by atoms with Crippen LogP contribution in [0.15, 0.2) is 0 Å². The molecule has 0 aromatic carbocycles. The maximum atomic E-state index is 2.35. The van der Waals surface area contributed by atoms with Crippen LogP contribution in [0, 0.1) is 0 Å². The lowest BCUT2D eigenvalue weighted by molar-refractivity contribution is 0.133. The Morgan fingerprint density at radius 3 is 1.08 bits per heavy atom. The van der Waals surface area contributed by atoms with Crippen molar-refractivity contribution in [3.63, 3.8) is 0 Å². The van der Waals surface area contributed by atoms with Gasteiger partial charge in [0.1, 0.15) is 0 Å². The van der Waals surface area contributed by atoms with Crippen LogP contribution in [-0.2, 0) is 0 Å². The van der Waals surface area contributed by atoms with Crippen LogP contribution >= 0.6 is 0 Å². The molecule has 0 bridgehead atoms. The molecular weight excluding hydrogens is 146 g/mol. The third-order valence-electron chi connectivity index (χ3n) is 2.92. The summed E-state index contributed by atoms with van der Waals surface area (Å²) in [6, 6.07) is 0. The Kier molecular flexibility index (Phi) is 9.17. The van der Waals surface area contributed by atoms with E-state index >= 15 is 0 Å². The highest BCUT2D eigenvalue weighted by molar-refractivity contribution is 4.82. The van der Waals surface area contributed by atoms with E-state index in [-0.39, 0.29) is 0 Å². The second kappa shape index (κ2) is 7.60. The molecule has 0 aromatic heterocycles. The van der Waals surface area contributed by atoms with Gasteiger partial charge in [-0.1, -0.05) is 34.6 Å². The molecule has 1 nitrogen and oxygen atoms in total. The van der Waals surface area contributed by atoms with E-state index in [2.05, 4.69) is 39.8 Å². The van der Waals surface area contributed by atoms with Crippen molar-refractivity contribution >= 4 is 0 Å². The first-order valence-corrected chi connectivity index (χ1v) is 5.30. The summed E-state index contributed by atoms with van der Waals surface area (Å²) in [6.07, 6.45) is 3.77. The van der Waals surface area contributed by atoms with E-state index in [9.17, 15) is 0 Å². The Balaban J connectivity index is 0. The van der Waals surface area contributed by atoms with E-state index in [0.717, 1.165) is 0 Å². The van der Waals surface area contributed by atoms with Crippen LogP contribution in [-0.4, -0.2) is 24.5 Å². The van der Waals surface area contributed by atoms with Gasteiger partial charge < -0.3 is 4.90 Å². The van der Waals surface area contributed by atoms with Crippen molar-refractivity contribution in [2.24, 2.45) is 0 Å². The molecule has 0 saturated carbocycles. The topological polar surface area (TPSA) is 3.24 Å². The van der Waals surface area contributed by atoms with Crippen molar-refractivity contribution in [2.75, 3.05) is 14.1 Å². The first-order chi connectivity index (χ1) is 5.63. The lowest BCUT2D eigenvalue weighted by atomic mass is 9.89. The van der Waals surface area contributed by atoms with Crippen LogP contribution in [0.3, 0.4) is 0 Å². The summed E-state index contributed by atoms with van der Waals surface area (Å²) in [7, 11) is 4.35. The smallest absolute Gasteiger partial charge is 0.0195 e. The zero-order valence-corrected chi connectivity index (χ0v) is 10.1. The van der Waals surface area contributed by atoms with E-state index in [1.807, 2.05) is 13.8 Å². The molecule has 0 fully saturated rings. The molecule has 0 radical (unpaired) electrons. The molecule has 0 rings (SSSR count). The Hall–Kier alpha value is -0.0400. The average molecular weight is 173 g/mol. The summed E-state index contributed by atoms with van der Waals surface area (Å²) in [6.45, 7) is 10.8. The molecule has 0 spiro atoms. The van der Waals surface area contributed by atoms with Gasteiger partial charge in [-0.2, -0.15) is 0 Å². The molecule has 0 aliphatic heterocycles. The Bertz CT molecular complexity index is 74.7. The molecule has 0 amide bonds. The van der Waals surface area contributed by atoms with Gasteiger partial charge in [-0.25, -0.2) is 0 Å². The van der Waals surface area contributed by atoms with Crippen molar-refractivity contribution in [3.05, 3.63) is 0 Å². The SMILES string of the molecule is CC.CCC(CC)(CC)N(C)C. The lowest BCUT2D eigenvalue weighted by Crippen LogP contribution is -2.42. The summed E-state index contributed by atoms with van der Waals surface area (Å²) in [5.74, 6) is 0. The van der Waals surface area contributed by atoms with Gasteiger partial charge >= 0.3 is 0 Å². The van der Waals surface area contributed by atoms with Gasteiger partial charge in [0.05, 0.1) is 0 Å². The summed E-state index contributed by atoms with van der Waals surface area (Å²) in [4.78, 5) is 2.35. The molecule has 0 atom stereocenters. The standard InChI is InChI=1S/C9H21N.C2H6/c1-6-9(7-2,8-3)10(4)5;1-2/h6-8H2,1-5H3;1-2H3. The molecule has 1 heteroatoms. The molecule has 0 aromatic rings. The fourth-order valence-corrected chi connectivity index (χ4v) is 1.70. The van der Waals surface area contributed by atoms with Crippen LogP contribution < -0.4 is 0 Å². The minimum atomic E-state index is 0.458. The second-order valence-electron chi connectivity index (χ2n) is 3.18. The van der Waals surface area contributed by atoms with Crippen LogP contribution in [0.1, 0.15) is 53.9 Å². The highest BCUT2D eigenvalue weighted by Gasteiger charge is 2.25. The van der Waals surface area contributed by atoms with Crippen molar-refractivity contribution in [2.45, 2.75) is 59.4 Å². The molecule has 0 N–H and O–H groups in total. The van der Waals surface area contributed by atoms with Gasteiger partial charge in [0, 0.05) is 5.54 Å². The maximum absolute atomic E-state index is 2.35. The maximum Gasteiger partial charge on any atom is 0.0195 e. The molecule has 76 valence electrons. The van der Waals surface area contributed by atoms with Crippen LogP contribution in [0.4, 0.5) is 0 Å². The lowest BCUT2D eigenvalue weighted by Gasteiger charge is -2.37. The largest absolute Gasteiger partial charge is 0.304 e. The van der Waals surface area contributed by atoms with Crippen molar-refractivity contribution < 1.29 is 0 Å². The monoisotopic (exact) mass is 173 g/mol. The van der Waals surface area contributed by atoms with E-state index in [1.165, 1.54) is 19.3 Å². The fraction of sp³-hybridized carbons (Fsp3) is 1.00. The second-order valence-corrected chi connectivity index (χ2v) is 3.18. The highest BCUT2D eigenvalue weighted by atomic mass is 15.1. The van der Waals surface area contributed by atoms with Gasteiger partial charge in [0.15, 0.2) is 0 Å². The predicted molar refractivity (Wildman–Crippen MR) is 58.6 cm³/mol. The first kappa shape index (κ1) is 14.5. The molecule has 0 aliphatic rings. The summed E-state index contributed by atoms with van der Waals surface area (Å²) in [5.41, 5.74) is 0.458. The van der Waals surface area contributed by atoms with Crippen molar-refractivity contribution in [3.8, 4) is 0 Å². The van der Waals surface area contributed by atoms with Crippen LogP contribution in [0.2, 0.25) is 0 Å². The normalized spacial score (nSPS) is 11.0. The van der Waals surface area contributed by atoms with Gasteiger partial charge in [-0.05, 0) is 33.4 Å². The molecule has 0 unspecified atom stereocenters. The van der Waals surface area contributed by atoms with E-state index in [4.69, 9.17) is 0 Å². The van der Waals surface area contributed by atoms with Crippen molar-refractivity contribution in [1.29, 1.82) is 0 Å². The number of rotatable bonds is 4. The average Bonchev–Trinajstić information content (AvgIpc) is 2.11.